The average molecular weight is 594 g/mol. The molecule has 9 nitrogen and oxygen atoms in total. The van der Waals surface area contributed by atoms with Gasteiger partial charge in [0.2, 0.25) is 0 Å². The molecular weight excluding hydrogens is 555 g/mol. The Balaban J connectivity index is 1.65. The highest BCUT2D eigenvalue weighted by molar-refractivity contribution is 5.97. The Morgan fingerprint density at radius 2 is 1.64 bits per heavy atom. The van der Waals surface area contributed by atoms with Crippen molar-refractivity contribution in [3.05, 3.63) is 65.2 Å². The number of ether oxygens (including phenoxy) is 3. The highest BCUT2D eigenvalue weighted by Gasteiger charge is 2.57. The van der Waals surface area contributed by atoms with E-state index in [1.54, 1.807) is 34.6 Å². The summed E-state index contributed by atoms with van der Waals surface area (Å²) in [6.07, 6.45) is -3.54. The lowest BCUT2D eigenvalue weighted by Crippen LogP contribution is -2.63. The van der Waals surface area contributed by atoms with Crippen LogP contribution in [0.25, 0.3) is 0 Å². The van der Waals surface area contributed by atoms with Gasteiger partial charge in [-0.1, -0.05) is 30.3 Å². The second kappa shape index (κ2) is 12.6. The molecule has 3 rings (SSSR count). The van der Waals surface area contributed by atoms with E-state index in [0.29, 0.717) is 12.5 Å². The van der Waals surface area contributed by atoms with E-state index in [4.69, 9.17) is 14.2 Å². The molecule has 0 unspecified atom stereocenters. The Labute approximate surface area is 243 Å². The molecule has 0 aromatic heterocycles. The summed E-state index contributed by atoms with van der Waals surface area (Å²) in [7, 11) is 0. The van der Waals surface area contributed by atoms with E-state index >= 15 is 0 Å². The normalized spacial score (nSPS) is 18.4. The van der Waals surface area contributed by atoms with E-state index in [9.17, 15) is 27.6 Å². The summed E-state index contributed by atoms with van der Waals surface area (Å²) in [5.74, 6) is -2.21. The van der Waals surface area contributed by atoms with E-state index < -0.39 is 52.3 Å². The zero-order valence-electron chi connectivity index (χ0n) is 24.7. The van der Waals surface area contributed by atoms with Crippen molar-refractivity contribution in [3.8, 4) is 5.75 Å². The van der Waals surface area contributed by atoms with Crippen LogP contribution in [0.15, 0.2) is 48.5 Å². The molecule has 2 aromatic rings. The summed E-state index contributed by atoms with van der Waals surface area (Å²) in [6.45, 7) is 9.47. The number of hydrazine groups is 1. The van der Waals surface area contributed by atoms with Crippen LogP contribution in [0, 0.1) is 0 Å². The van der Waals surface area contributed by atoms with Gasteiger partial charge in [0.25, 0.3) is 11.8 Å². The van der Waals surface area contributed by atoms with Gasteiger partial charge in [0.1, 0.15) is 22.6 Å². The molecule has 2 aromatic carbocycles. The number of hydrogen-bond acceptors (Lipinski definition) is 6. The number of nitrogens with one attached hydrogen (secondary N) is 2. The Hall–Kier alpha value is -3.80. The number of amides is 3. The molecule has 1 aliphatic heterocycles. The molecule has 3 amide bonds. The van der Waals surface area contributed by atoms with E-state index in [-0.39, 0.29) is 18.8 Å². The van der Waals surface area contributed by atoms with Gasteiger partial charge in [-0.05, 0) is 84.6 Å². The van der Waals surface area contributed by atoms with E-state index in [1.165, 1.54) is 13.0 Å². The van der Waals surface area contributed by atoms with Gasteiger partial charge in [-0.25, -0.2) is 4.79 Å². The van der Waals surface area contributed by atoms with Gasteiger partial charge in [0, 0.05) is 5.56 Å². The molecule has 42 heavy (non-hydrogen) atoms. The number of aryl methyl sites for hydroxylation is 1. The van der Waals surface area contributed by atoms with Crippen molar-refractivity contribution in [2.45, 2.75) is 83.8 Å². The first-order valence-electron chi connectivity index (χ1n) is 13.6. The summed E-state index contributed by atoms with van der Waals surface area (Å²) in [4.78, 5) is 40.0. The fourth-order valence-corrected chi connectivity index (χ4v) is 4.53. The van der Waals surface area contributed by atoms with Crippen molar-refractivity contribution < 1.29 is 41.8 Å². The first-order valence-corrected chi connectivity index (χ1v) is 13.6. The Bertz CT molecular complexity index is 1280. The number of unbranched alkanes of at least 4 members (excludes halogenated alkanes) is 1. The molecule has 1 heterocycles. The second-order valence-electron chi connectivity index (χ2n) is 11.7. The van der Waals surface area contributed by atoms with Crippen molar-refractivity contribution in [2.75, 3.05) is 13.2 Å². The molecule has 1 atom stereocenters. The third-order valence-corrected chi connectivity index (χ3v) is 6.60. The predicted molar refractivity (Wildman–Crippen MR) is 148 cm³/mol. The van der Waals surface area contributed by atoms with E-state index in [2.05, 4.69) is 10.9 Å². The molecule has 230 valence electrons. The number of hydrogen-bond donors (Lipinski definition) is 2. The number of rotatable bonds is 8. The van der Waals surface area contributed by atoms with Crippen LogP contribution >= 0.6 is 0 Å². The molecule has 0 saturated carbocycles. The number of alkyl halides is 3. The van der Waals surface area contributed by atoms with Crippen LogP contribution in [0.3, 0.4) is 0 Å². The maximum atomic E-state index is 13.8. The van der Waals surface area contributed by atoms with E-state index in [0.717, 1.165) is 29.4 Å². The van der Waals surface area contributed by atoms with Gasteiger partial charge >= 0.3 is 12.3 Å². The maximum Gasteiger partial charge on any atom is 0.419 e. The highest BCUT2D eigenvalue weighted by atomic mass is 19.4. The number of benzene rings is 2. The van der Waals surface area contributed by atoms with Crippen LogP contribution in [-0.2, 0) is 26.9 Å². The minimum absolute atomic E-state index is 0.0721. The van der Waals surface area contributed by atoms with Crippen molar-refractivity contribution in [1.29, 1.82) is 0 Å². The average Bonchev–Trinajstić information content (AvgIpc) is 3.15. The van der Waals surface area contributed by atoms with Crippen molar-refractivity contribution in [3.63, 3.8) is 0 Å². The quantitative estimate of drug-likeness (QED) is 0.304. The Morgan fingerprint density at radius 3 is 2.26 bits per heavy atom. The van der Waals surface area contributed by atoms with Gasteiger partial charge in [-0.3, -0.25) is 25.3 Å². The standard InChI is InChI=1S/C30H38F3N3O6/c1-27(2,3)42-26(39)36-28(4,5)41-19-29(36,6)25(38)35-34-24(37)21-15-16-23(22(18-21)30(31,32)33)40-17-11-10-14-20-12-8-7-9-13-20/h7-9,12-13,15-16,18H,10-11,14,17,19H2,1-6H3,(H,34,37)(H,35,38)/t29-/m0/s1. The zero-order chi connectivity index (χ0) is 31.3. The lowest BCUT2D eigenvalue weighted by molar-refractivity contribution is -0.139. The molecule has 12 heteroatoms. The molecule has 1 saturated heterocycles. The lowest BCUT2D eigenvalue weighted by Gasteiger charge is -2.39. The van der Waals surface area contributed by atoms with Crippen LogP contribution in [0.1, 0.15) is 75.9 Å². The monoisotopic (exact) mass is 593 g/mol. The largest absolute Gasteiger partial charge is 0.493 e. The molecule has 1 fully saturated rings. The van der Waals surface area contributed by atoms with Crippen molar-refractivity contribution in [2.24, 2.45) is 0 Å². The second-order valence-corrected chi connectivity index (χ2v) is 11.7. The molecule has 0 bridgehead atoms. The zero-order valence-corrected chi connectivity index (χ0v) is 24.7. The van der Waals surface area contributed by atoms with Gasteiger partial charge in [-0.15, -0.1) is 0 Å². The molecule has 0 radical (unpaired) electrons. The summed E-state index contributed by atoms with van der Waals surface area (Å²) >= 11 is 0. The SMILES string of the molecule is CC(C)(C)OC(=O)N1C(C)(C)OC[C@@]1(C)C(=O)NNC(=O)c1ccc(OCCCCc2ccccc2)c(C(F)(F)F)c1. The first-order chi connectivity index (χ1) is 19.4. The Kier molecular flexibility index (Phi) is 9.81. The van der Waals surface area contributed by atoms with Crippen molar-refractivity contribution in [1.82, 2.24) is 15.8 Å². The van der Waals surface area contributed by atoms with Gasteiger partial charge in [0.15, 0.2) is 0 Å². The number of nitrogens with zero attached hydrogens (tertiary/aromatic N) is 1. The van der Waals surface area contributed by atoms with Crippen LogP contribution in [0.2, 0.25) is 0 Å². The molecule has 2 N–H and O–H groups in total. The molecule has 0 spiro atoms. The first kappa shape index (κ1) is 32.7. The third-order valence-electron chi connectivity index (χ3n) is 6.60. The van der Waals surface area contributed by atoms with Gasteiger partial charge in [0.05, 0.1) is 18.8 Å². The smallest absolute Gasteiger partial charge is 0.419 e. The van der Waals surface area contributed by atoms with Crippen LogP contribution in [0.4, 0.5) is 18.0 Å². The number of carbonyl (C=O) groups is 3. The summed E-state index contributed by atoms with van der Waals surface area (Å²) in [5.41, 5.74) is 0.348. The third kappa shape index (κ3) is 8.15. The minimum Gasteiger partial charge on any atom is -0.493 e. The van der Waals surface area contributed by atoms with Crippen molar-refractivity contribution >= 4 is 17.9 Å². The highest BCUT2D eigenvalue weighted by Crippen LogP contribution is 2.38. The Morgan fingerprint density at radius 1 is 0.976 bits per heavy atom. The number of halogens is 3. The fourth-order valence-electron chi connectivity index (χ4n) is 4.53. The van der Waals surface area contributed by atoms with Crippen LogP contribution in [-0.4, -0.2) is 52.9 Å². The van der Waals surface area contributed by atoms with Crippen LogP contribution < -0.4 is 15.6 Å². The van der Waals surface area contributed by atoms with Gasteiger partial charge in [-0.2, -0.15) is 13.2 Å². The molecular formula is C30H38F3N3O6. The predicted octanol–water partition coefficient (Wildman–Crippen LogP) is 5.63. The van der Waals surface area contributed by atoms with Crippen LogP contribution in [0.5, 0.6) is 5.75 Å². The summed E-state index contributed by atoms with van der Waals surface area (Å²) in [6, 6.07) is 12.6. The minimum atomic E-state index is -4.78. The molecule has 0 aliphatic carbocycles. The van der Waals surface area contributed by atoms with Gasteiger partial charge < -0.3 is 14.2 Å². The maximum absolute atomic E-state index is 13.8. The fraction of sp³-hybridized carbons (Fsp3) is 0.500. The van der Waals surface area contributed by atoms with E-state index in [1.807, 2.05) is 30.3 Å². The summed E-state index contributed by atoms with van der Waals surface area (Å²) in [5, 5.41) is 0. The number of carbonyl (C=O) groups excluding carboxylic acids is 3. The molecule has 1 aliphatic rings. The summed E-state index contributed by atoms with van der Waals surface area (Å²) < 4.78 is 58.0. The topological polar surface area (TPSA) is 106 Å². The lowest BCUT2D eigenvalue weighted by atomic mass is 10.0.